The highest BCUT2D eigenvalue weighted by Crippen LogP contribution is 2.37. The number of nitrogens with two attached hydrogens (primary N) is 1. The van der Waals surface area contributed by atoms with E-state index in [-0.39, 0.29) is 0 Å². The number of hydrogen-bond acceptors (Lipinski definition) is 2. The van der Waals surface area contributed by atoms with Crippen LogP contribution >= 0.6 is 0 Å². The lowest BCUT2D eigenvalue weighted by molar-refractivity contribution is 0.869. The van der Waals surface area contributed by atoms with Crippen molar-refractivity contribution in [3.8, 4) is 39.5 Å². The summed E-state index contributed by atoms with van der Waals surface area (Å²) >= 11 is 0. The van der Waals surface area contributed by atoms with Gasteiger partial charge in [-0.3, -0.25) is 0 Å². The fraction of sp³-hybridized carbons (Fsp3) is 0.148. The third-order valence-electron chi connectivity index (χ3n) is 5.02. The Morgan fingerprint density at radius 2 is 1.48 bits per heavy atom. The molecule has 0 spiro atoms. The summed E-state index contributed by atoms with van der Waals surface area (Å²) in [5.74, 6) is 3.29. The van der Waals surface area contributed by atoms with Gasteiger partial charge >= 0.3 is 0 Å². The molecule has 0 radical (unpaired) electrons. The normalized spacial score (nSPS) is 11.1. The van der Waals surface area contributed by atoms with Crippen LogP contribution in [0.4, 0.5) is 5.69 Å². The molecule has 31 heavy (non-hydrogen) atoms. The van der Waals surface area contributed by atoms with E-state index in [1.54, 1.807) is 0 Å². The van der Waals surface area contributed by atoms with Gasteiger partial charge in [-0.25, -0.2) is 4.68 Å². The Kier molecular flexibility index (Phi) is 5.54. The minimum Gasteiger partial charge on any atom is -0.398 e. The lowest BCUT2D eigenvalue weighted by Gasteiger charge is -2.11. The minimum atomic E-state index is -1.47. The maximum atomic E-state index is 6.43. The minimum absolute atomic E-state index is 0.703. The van der Waals surface area contributed by atoms with Crippen molar-refractivity contribution < 1.29 is 0 Å². The van der Waals surface area contributed by atoms with Crippen LogP contribution < -0.4 is 5.73 Å². The van der Waals surface area contributed by atoms with Crippen LogP contribution in [-0.2, 0) is 0 Å². The van der Waals surface area contributed by atoms with Crippen molar-refractivity contribution in [2.45, 2.75) is 26.6 Å². The molecule has 1 aromatic heterocycles. The van der Waals surface area contributed by atoms with Crippen LogP contribution in [0.15, 0.2) is 78.9 Å². The molecule has 0 aliphatic rings. The standard InChI is InChI=1S/C27H27N3Si/c1-20-26(23-16-15-21(25(28)19-23)17-18-31(2,3)4)27(22-11-7-5-8-12-22)30(29-20)24-13-9-6-10-14-24/h5-16,19H,28H2,1-4H3. The van der Waals surface area contributed by atoms with Crippen molar-refractivity contribution in [1.82, 2.24) is 9.78 Å². The predicted octanol–water partition coefficient (Wildman–Crippen LogP) is 6.33. The van der Waals surface area contributed by atoms with E-state index >= 15 is 0 Å². The first-order chi connectivity index (χ1) is 14.8. The molecule has 0 unspecified atom stereocenters. The van der Waals surface area contributed by atoms with Gasteiger partial charge in [0.05, 0.1) is 17.1 Å². The van der Waals surface area contributed by atoms with Crippen LogP contribution in [0.3, 0.4) is 0 Å². The fourth-order valence-electron chi connectivity index (χ4n) is 3.58. The lowest BCUT2D eigenvalue weighted by atomic mass is 9.97. The van der Waals surface area contributed by atoms with E-state index in [0.29, 0.717) is 5.69 Å². The smallest absolute Gasteiger partial charge is 0.129 e. The second-order valence-corrected chi connectivity index (χ2v) is 13.5. The van der Waals surface area contributed by atoms with Crippen molar-refractivity contribution in [2.75, 3.05) is 5.73 Å². The summed E-state index contributed by atoms with van der Waals surface area (Å²) in [6.45, 7) is 8.75. The van der Waals surface area contributed by atoms with E-state index in [0.717, 1.165) is 39.3 Å². The van der Waals surface area contributed by atoms with Crippen molar-refractivity contribution in [1.29, 1.82) is 0 Å². The molecule has 0 saturated carbocycles. The first-order valence-corrected chi connectivity index (χ1v) is 14.0. The van der Waals surface area contributed by atoms with Crippen molar-refractivity contribution >= 4 is 13.8 Å². The molecule has 3 nitrogen and oxygen atoms in total. The maximum absolute atomic E-state index is 6.43. The van der Waals surface area contributed by atoms with E-state index in [4.69, 9.17) is 10.8 Å². The molecule has 0 bridgehead atoms. The van der Waals surface area contributed by atoms with Crippen LogP contribution in [0.5, 0.6) is 0 Å². The highest BCUT2D eigenvalue weighted by molar-refractivity contribution is 6.83. The molecule has 0 aliphatic heterocycles. The Morgan fingerprint density at radius 3 is 2.10 bits per heavy atom. The third kappa shape index (κ3) is 4.47. The first-order valence-electron chi connectivity index (χ1n) is 10.5. The van der Waals surface area contributed by atoms with Crippen LogP contribution in [0.25, 0.3) is 28.1 Å². The summed E-state index contributed by atoms with van der Waals surface area (Å²) in [6, 6.07) is 26.8. The molecular formula is C27H27N3Si. The number of aromatic nitrogens is 2. The Balaban J connectivity index is 1.90. The van der Waals surface area contributed by atoms with Crippen LogP contribution in [0.1, 0.15) is 11.3 Å². The number of nitrogen functional groups attached to an aromatic ring is 1. The van der Waals surface area contributed by atoms with Gasteiger partial charge in [-0.15, -0.1) is 5.54 Å². The van der Waals surface area contributed by atoms with E-state index in [1.807, 2.05) is 41.1 Å². The molecule has 0 saturated heterocycles. The summed E-state index contributed by atoms with van der Waals surface area (Å²) < 4.78 is 2.02. The summed E-state index contributed by atoms with van der Waals surface area (Å²) in [4.78, 5) is 0. The topological polar surface area (TPSA) is 43.8 Å². The largest absolute Gasteiger partial charge is 0.398 e. The van der Waals surface area contributed by atoms with Crippen molar-refractivity contribution in [2.24, 2.45) is 0 Å². The molecule has 0 aliphatic carbocycles. The number of para-hydroxylation sites is 1. The predicted molar refractivity (Wildman–Crippen MR) is 134 cm³/mol. The highest BCUT2D eigenvalue weighted by Gasteiger charge is 2.20. The molecule has 0 atom stereocenters. The molecule has 4 aromatic rings. The molecular weight excluding hydrogens is 394 g/mol. The van der Waals surface area contributed by atoms with Gasteiger partial charge in [0.2, 0.25) is 0 Å². The lowest BCUT2D eigenvalue weighted by Crippen LogP contribution is -2.16. The average Bonchev–Trinajstić information content (AvgIpc) is 3.10. The molecule has 4 rings (SSSR count). The zero-order valence-corrected chi connectivity index (χ0v) is 19.5. The third-order valence-corrected chi connectivity index (χ3v) is 5.90. The monoisotopic (exact) mass is 421 g/mol. The summed E-state index contributed by atoms with van der Waals surface area (Å²) in [6.07, 6.45) is 0. The number of rotatable bonds is 3. The van der Waals surface area contributed by atoms with Crippen LogP contribution in [-0.4, -0.2) is 17.9 Å². The van der Waals surface area contributed by atoms with Gasteiger partial charge in [-0.05, 0) is 36.8 Å². The zero-order chi connectivity index (χ0) is 22.0. The summed E-state index contributed by atoms with van der Waals surface area (Å²) in [7, 11) is -1.47. The Labute approximate surface area is 185 Å². The highest BCUT2D eigenvalue weighted by atomic mass is 28.3. The molecule has 4 heteroatoms. The van der Waals surface area contributed by atoms with Gasteiger partial charge < -0.3 is 5.73 Å². The second kappa shape index (κ2) is 8.29. The quantitative estimate of drug-likeness (QED) is 0.239. The van der Waals surface area contributed by atoms with E-state index < -0.39 is 8.07 Å². The maximum Gasteiger partial charge on any atom is 0.129 e. The van der Waals surface area contributed by atoms with Crippen molar-refractivity contribution in [3.05, 3.63) is 90.1 Å². The Bertz CT molecular complexity index is 1270. The zero-order valence-electron chi connectivity index (χ0n) is 18.5. The van der Waals surface area contributed by atoms with Gasteiger partial charge in [0.15, 0.2) is 0 Å². The molecule has 154 valence electrons. The van der Waals surface area contributed by atoms with Gasteiger partial charge in [0.25, 0.3) is 0 Å². The molecule has 2 N–H and O–H groups in total. The fourth-order valence-corrected chi connectivity index (χ4v) is 4.09. The Hall–Kier alpha value is -3.55. The van der Waals surface area contributed by atoms with Gasteiger partial charge in [0.1, 0.15) is 8.07 Å². The number of hydrogen-bond donors (Lipinski definition) is 1. The molecule has 0 amide bonds. The number of nitrogens with zero attached hydrogens (tertiary/aromatic N) is 2. The summed E-state index contributed by atoms with van der Waals surface area (Å²) in [5, 5.41) is 4.91. The number of benzene rings is 3. The molecule has 1 heterocycles. The van der Waals surface area contributed by atoms with Gasteiger partial charge in [-0.1, -0.05) is 80.2 Å². The van der Waals surface area contributed by atoms with E-state index in [1.165, 1.54) is 0 Å². The SMILES string of the molecule is Cc1nn(-c2ccccc2)c(-c2ccccc2)c1-c1ccc(C#C[Si](C)(C)C)c(N)c1. The Morgan fingerprint density at radius 1 is 0.839 bits per heavy atom. The summed E-state index contributed by atoms with van der Waals surface area (Å²) in [5.41, 5.74) is 17.7. The van der Waals surface area contributed by atoms with Crippen LogP contribution in [0, 0.1) is 18.4 Å². The van der Waals surface area contributed by atoms with E-state index in [9.17, 15) is 0 Å². The van der Waals surface area contributed by atoms with Crippen LogP contribution in [0.2, 0.25) is 19.6 Å². The van der Waals surface area contributed by atoms with Gasteiger partial charge in [-0.2, -0.15) is 5.10 Å². The number of anilines is 1. The van der Waals surface area contributed by atoms with Crippen molar-refractivity contribution in [3.63, 3.8) is 0 Å². The molecule has 3 aromatic carbocycles. The second-order valence-electron chi connectivity index (χ2n) is 8.72. The molecule has 0 fully saturated rings. The average molecular weight is 422 g/mol. The van der Waals surface area contributed by atoms with E-state index in [2.05, 4.69) is 80.5 Å². The number of aryl methyl sites for hydroxylation is 1. The van der Waals surface area contributed by atoms with Gasteiger partial charge in [0, 0.05) is 22.4 Å². The first kappa shape index (κ1) is 20.7.